The van der Waals surface area contributed by atoms with Gasteiger partial charge in [0.2, 0.25) is 5.91 Å². The average Bonchev–Trinajstić information content (AvgIpc) is 3.63. The van der Waals surface area contributed by atoms with E-state index in [1.54, 1.807) is 0 Å². The zero-order chi connectivity index (χ0) is 42.2. The molecule has 3 amide bonds. The number of carbonyl (C=O) groups excluding carboxylic acids is 3. The molecule has 4 N–H and O–H groups in total. The second-order valence-corrected chi connectivity index (χ2v) is 16.0. The minimum Gasteiger partial charge on any atom is -0.467 e. The highest BCUT2D eigenvalue weighted by molar-refractivity contribution is 5.93. The maximum Gasteiger partial charge on any atom is 0.328 e. The first-order valence-corrected chi connectivity index (χ1v) is 21.0. The van der Waals surface area contributed by atoms with Crippen LogP contribution in [0.3, 0.4) is 0 Å². The van der Waals surface area contributed by atoms with Crippen LogP contribution >= 0.6 is 0 Å². The fraction of sp³-hybridized carbons (Fsp3) is 0.327. The van der Waals surface area contributed by atoms with E-state index in [-0.39, 0.29) is 31.3 Å². The molecular weight excluding hydrogens is 771 g/mol. The predicted octanol–water partition coefficient (Wildman–Crippen LogP) is 6.40. The highest BCUT2D eigenvalue weighted by Gasteiger charge is 2.50. The Morgan fingerprint density at radius 1 is 0.836 bits per heavy atom. The Balaban J connectivity index is 0.941. The second-order valence-electron chi connectivity index (χ2n) is 16.0. The van der Waals surface area contributed by atoms with Gasteiger partial charge in [-0.15, -0.1) is 0 Å². The Bertz CT molecular complexity index is 2250. The van der Waals surface area contributed by atoms with Crippen molar-refractivity contribution in [1.29, 1.82) is 0 Å². The van der Waals surface area contributed by atoms with Gasteiger partial charge >= 0.3 is 12.0 Å². The molecule has 0 aliphatic carbocycles. The lowest BCUT2D eigenvalue weighted by Crippen LogP contribution is -2.57. The molecule has 0 saturated carbocycles. The summed E-state index contributed by atoms with van der Waals surface area (Å²) in [7, 11) is 1.31. The number of piperidine rings is 1. The van der Waals surface area contributed by atoms with Gasteiger partial charge in [-0.3, -0.25) is 4.79 Å². The molecule has 1 spiro atoms. The van der Waals surface area contributed by atoms with Gasteiger partial charge in [0.05, 0.1) is 32.6 Å². The number of nitrogens with zero attached hydrogens (tertiary/aromatic N) is 2. The van der Waals surface area contributed by atoms with E-state index >= 15 is 0 Å². The van der Waals surface area contributed by atoms with E-state index in [9.17, 15) is 19.5 Å². The minimum atomic E-state index is -0.837. The Hall–Kier alpha value is -6.05. The summed E-state index contributed by atoms with van der Waals surface area (Å²) < 4.78 is 18.4. The van der Waals surface area contributed by atoms with Crippen molar-refractivity contribution in [3.8, 4) is 11.1 Å². The van der Waals surface area contributed by atoms with Gasteiger partial charge in [-0.1, -0.05) is 121 Å². The largest absolute Gasteiger partial charge is 0.467 e. The number of amides is 3. The summed E-state index contributed by atoms with van der Waals surface area (Å²) in [6.45, 7) is 2.96. The highest BCUT2D eigenvalue weighted by Crippen LogP contribution is 2.40. The van der Waals surface area contributed by atoms with Crippen molar-refractivity contribution in [3.05, 3.63) is 161 Å². The number of benzene rings is 5. The topological polar surface area (TPSA) is 142 Å². The van der Waals surface area contributed by atoms with Crippen LogP contribution in [0.1, 0.15) is 59.5 Å². The summed E-state index contributed by atoms with van der Waals surface area (Å²) in [5.74, 6) is -0.418. The third kappa shape index (κ3) is 9.63. The second kappa shape index (κ2) is 19.1. The number of aliphatic hydroxyl groups excluding tert-OH is 1. The molecule has 0 radical (unpaired) electrons. The molecule has 0 aromatic heterocycles. The number of hydrogen-bond donors (Lipinski definition) is 4. The number of ether oxygens (including phenoxy) is 3. The van der Waals surface area contributed by atoms with Gasteiger partial charge in [-0.25, -0.2) is 9.59 Å². The highest BCUT2D eigenvalue weighted by atomic mass is 16.7. The lowest BCUT2D eigenvalue weighted by molar-refractivity contribution is -0.253. The first-order chi connectivity index (χ1) is 29.8. The van der Waals surface area contributed by atoms with Gasteiger partial charge < -0.3 is 45.1 Å². The van der Waals surface area contributed by atoms with E-state index in [4.69, 9.17) is 14.2 Å². The number of anilines is 1. The molecule has 3 fully saturated rings. The number of carbonyl (C=O) groups is 3. The van der Waals surface area contributed by atoms with Crippen molar-refractivity contribution in [2.75, 3.05) is 38.3 Å². The van der Waals surface area contributed by atoms with Gasteiger partial charge in [0.15, 0.2) is 6.29 Å². The lowest BCUT2D eigenvalue weighted by atomic mass is 9.85. The van der Waals surface area contributed by atoms with Gasteiger partial charge in [0, 0.05) is 50.3 Å². The van der Waals surface area contributed by atoms with Crippen molar-refractivity contribution in [3.63, 3.8) is 0 Å². The summed E-state index contributed by atoms with van der Waals surface area (Å²) in [4.78, 5) is 43.6. The van der Waals surface area contributed by atoms with Crippen LogP contribution < -0.4 is 20.9 Å². The molecule has 5 aromatic rings. The van der Waals surface area contributed by atoms with Crippen LogP contribution in [0.25, 0.3) is 11.1 Å². The first-order valence-electron chi connectivity index (χ1n) is 21.0. The van der Waals surface area contributed by atoms with Crippen LogP contribution in [0.15, 0.2) is 133 Å². The molecule has 4 atom stereocenters. The first kappa shape index (κ1) is 41.7. The maximum absolute atomic E-state index is 13.3. The number of rotatable bonds is 13. The Labute approximate surface area is 356 Å². The van der Waals surface area contributed by atoms with Crippen molar-refractivity contribution < 1.29 is 33.7 Å². The van der Waals surface area contributed by atoms with E-state index < -0.39 is 29.9 Å². The molecule has 316 valence electrons. The molecule has 3 aliphatic rings. The summed E-state index contributed by atoms with van der Waals surface area (Å²) in [6.07, 6.45) is 1.41. The zero-order valence-corrected chi connectivity index (χ0v) is 34.4. The number of likely N-dealkylation sites (tertiary alicyclic amines) is 1. The summed E-state index contributed by atoms with van der Waals surface area (Å²) in [5, 5.41) is 18.5. The Kier molecular flexibility index (Phi) is 13.1. The standard InChI is InChI=1S/C49H53N5O7/c1-59-45(56)43(28-34-10-4-2-5-11-34)52-48(58)50-30-39-12-8-9-15-42(39)36-20-22-38(23-21-36)46-60-41(29-44(61-46)37-18-16-35(32-55)17-19-37)31-53-26-24-49(25-27-53)47(57)51-33-54(49)40-13-6-3-7-14-40/h2-23,41,43-44,46,55H,24-33H2,1H3,(H,51,57)(H2,50,52,58). The smallest absolute Gasteiger partial charge is 0.328 e. The zero-order valence-electron chi connectivity index (χ0n) is 34.4. The number of hydrogen-bond acceptors (Lipinski definition) is 9. The van der Waals surface area contributed by atoms with Crippen molar-refractivity contribution in [2.45, 2.75) is 68.9 Å². The molecule has 61 heavy (non-hydrogen) atoms. The van der Waals surface area contributed by atoms with Gasteiger partial charge in [-0.05, 0) is 58.4 Å². The number of methoxy groups -OCH3 is 1. The number of urea groups is 1. The number of aliphatic hydroxyl groups is 1. The van der Waals surface area contributed by atoms with Crippen molar-refractivity contribution in [2.24, 2.45) is 0 Å². The maximum atomic E-state index is 13.3. The number of para-hydroxylation sites is 1. The molecule has 4 unspecified atom stereocenters. The molecule has 12 heteroatoms. The third-order valence-electron chi connectivity index (χ3n) is 12.2. The monoisotopic (exact) mass is 823 g/mol. The summed E-state index contributed by atoms with van der Waals surface area (Å²) in [5.41, 5.74) is 6.97. The SMILES string of the molecule is COC(=O)C(Cc1ccccc1)NC(=O)NCc1ccccc1-c1ccc(C2OC(CN3CCC4(CC3)C(=O)NCN4c3ccccc3)CC(c3ccc(CO)cc3)O2)cc1. The average molecular weight is 824 g/mol. The van der Waals surface area contributed by atoms with Crippen LogP contribution in [-0.4, -0.2) is 79.0 Å². The van der Waals surface area contributed by atoms with E-state index in [0.717, 1.165) is 70.6 Å². The van der Waals surface area contributed by atoms with Gasteiger partial charge in [0.25, 0.3) is 0 Å². The third-order valence-corrected chi connectivity index (χ3v) is 12.2. The molecule has 5 aromatic carbocycles. The number of nitrogens with one attached hydrogen (secondary N) is 3. The molecule has 3 heterocycles. The van der Waals surface area contributed by atoms with E-state index in [2.05, 4.69) is 37.9 Å². The quantitative estimate of drug-likeness (QED) is 0.0993. The fourth-order valence-corrected chi connectivity index (χ4v) is 8.81. The Morgan fingerprint density at radius 3 is 2.21 bits per heavy atom. The molecular formula is C49H53N5O7. The van der Waals surface area contributed by atoms with E-state index in [0.29, 0.717) is 26.1 Å². The molecule has 0 bridgehead atoms. The Morgan fingerprint density at radius 2 is 1.51 bits per heavy atom. The van der Waals surface area contributed by atoms with Crippen LogP contribution in [0.5, 0.6) is 0 Å². The van der Waals surface area contributed by atoms with Crippen molar-refractivity contribution >= 4 is 23.6 Å². The molecule has 3 aliphatic heterocycles. The number of esters is 1. The van der Waals surface area contributed by atoms with Gasteiger partial charge in [-0.2, -0.15) is 0 Å². The lowest BCUT2D eigenvalue weighted by Gasteiger charge is -2.45. The molecule has 3 saturated heterocycles. The molecule has 12 nitrogen and oxygen atoms in total. The van der Waals surface area contributed by atoms with Crippen LogP contribution in [0.4, 0.5) is 10.5 Å². The van der Waals surface area contributed by atoms with Gasteiger partial charge in [0.1, 0.15) is 11.6 Å². The van der Waals surface area contributed by atoms with Crippen LogP contribution in [0, 0.1) is 0 Å². The minimum absolute atomic E-state index is 0.0281. The van der Waals surface area contributed by atoms with Crippen LogP contribution in [-0.2, 0) is 43.4 Å². The van der Waals surface area contributed by atoms with Crippen LogP contribution in [0.2, 0.25) is 0 Å². The summed E-state index contributed by atoms with van der Waals surface area (Å²) >= 11 is 0. The normalized spacial score (nSPS) is 20.5. The van der Waals surface area contributed by atoms with E-state index in [1.165, 1.54) is 7.11 Å². The molecule has 8 rings (SSSR count). The van der Waals surface area contributed by atoms with E-state index in [1.807, 2.05) is 121 Å². The fourth-order valence-electron chi connectivity index (χ4n) is 8.81. The van der Waals surface area contributed by atoms with Crippen molar-refractivity contribution in [1.82, 2.24) is 20.9 Å². The predicted molar refractivity (Wildman–Crippen MR) is 232 cm³/mol. The summed E-state index contributed by atoms with van der Waals surface area (Å²) in [6, 6.07) is 42.2.